The molecule has 1 heteroatoms. The Morgan fingerprint density at radius 2 is 1.34 bits per heavy atom. The van der Waals surface area contributed by atoms with E-state index in [1.54, 1.807) is 10.9 Å². The normalized spacial score (nSPS) is 18.7. The number of hydrogen-bond acceptors (Lipinski definition) is 0. The van der Waals surface area contributed by atoms with Crippen LogP contribution in [0, 0.1) is 0 Å². The van der Waals surface area contributed by atoms with Gasteiger partial charge >= 0.3 is 0 Å². The molecule has 29 heavy (non-hydrogen) atoms. The Balaban J connectivity index is 2.54. The van der Waals surface area contributed by atoms with Gasteiger partial charge in [0.1, 0.15) is 5.30 Å². The monoisotopic (exact) mass is 409 g/mol. The van der Waals surface area contributed by atoms with Crippen LogP contribution in [0.1, 0.15) is 110 Å². The van der Waals surface area contributed by atoms with Crippen molar-refractivity contribution < 1.29 is 0 Å². The summed E-state index contributed by atoms with van der Waals surface area (Å²) in [4.78, 5) is 0. The number of fused-ring (bicyclic) bond motifs is 3. The van der Waals surface area contributed by atoms with E-state index in [2.05, 4.69) is 113 Å². The SMILES string of the molecule is CC(C)c1cc(C(C)C)c2c(c1)C(C)[P+](C(C)(C)C)(C(C)(C)C)c1ccccc1-2. The smallest absolute Gasteiger partial charge is 0.0614 e. The van der Waals surface area contributed by atoms with Gasteiger partial charge in [0.25, 0.3) is 0 Å². The first-order valence-electron chi connectivity index (χ1n) is 11.4. The summed E-state index contributed by atoms with van der Waals surface area (Å²) < 4.78 is 0. The van der Waals surface area contributed by atoms with Crippen LogP contribution in [0.2, 0.25) is 0 Å². The van der Waals surface area contributed by atoms with E-state index in [1.165, 1.54) is 22.3 Å². The highest BCUT2D eigenvalue weighted by atomic mass is 31.2. The largest absolute Gasteiger partial charge is 0.103 e. The molecule has 1 atom stereocenters. The number of rotatable bonds is 2. The average Bonchev–Trinajstić information content (AvgIpc) is 2.58. The van der Waals surface area contributed by atoms with Crippen LogP contribution in [0.5, 0.6) is 0 Å². The van der Waals surface area contributed by atoms with Gasteiger partial charge < -0.3 is 0 Å². The Kier molecular flexibility index (Phi) is 5.62. The Morgan fingerprint density at radius 3 is 1.83 bits per heavy atom. The van der Waals surface area contributed by atoms with Crippen LogP contribution < -0.4 is 5.30 Å². The molecule has 0 fully saturated rings. The fraction of sp³-hybridized carbons (Fsp3) is 0.571. The van der Waals surface area contributed by atoms with Crippen LogP contribution in [-0.2, 0) is 0 Å². The molecule has 0 saturated heterocycles. The molecule has 158 valence electrons. The van der Waals surface area contributed by atoms with Gasteiger partial charge in [-0.25, -0.2) is 0 Å². The Morgan fingerprint density at radius 1 is 0.793 bits per heavy atom. The highest BCUT2D eigenvalue weighted by Crippen LogP contribution is 2.85. The average molecular weight is 410 g/mol. The van der Waals surface area contributed by atoms with Crippen LogP contribution in [0.15, 0.2) is 36.4 Å². The number of benzene rings is 2. The van der Waals surface area contributed by atoms with E-state index in [0.717, 1.165) is 0 Å². The van der Waals surface area contributed by atoms with Crippen molar-refractivity contribution in [2.75, 3.05) is 0 Å². The summed E-state index contributed by atoms with van der Waals surface area (Å²) in [7, 11) is -1.57. The van der Waals surface area contributed by atoms with E-state index in [1.807, 2.05) is 0 Å². The van der Waals surface area contributed by atoms with Crippen LogP contribution in [0.4, 0.5) is 0 Å². The topological polar surface area (TPSA) is 0 Å². The van der Waals surface area contributed by atoms with Crippen molar-refractivity contribution in [3.63, 3.8) is 0 Å². The van der Waals surface area contributed by atoms with E-state index in [4.69, 9.17) is 0 Å². The lowest BCUT2D eigenvalue weighted by Crippen LogP contribution is -2.45. The van der Waals surface area contributed by atoms with Crippen molar-refractivity contribution in [2.45, 2.75) is 104 Å². The first-order chi connectivity index (χ1) is 13.2. The van der Waals surface area contributed by atoms with Crippen LogP contribution in [0.3, 0.4) is 0 Å². The third-order valence-electron chi connectivity index (χ3n) is 7.21. The molecule has 1 aliphatic rings. The molecule has 0 saturated carbocycles. The minimum Gasteiger partial charge on any atom is -0.0614 e. The molecule has 0 radical (unpaired) electrons. The van der Waals surface area contributed by atoms with Crippen molar-refractivity contribution in [2.24, 2.45) is 0 Å². The second kappa shape index (κ2) is 7.23. The Hall–Kier alpha value is -1.13. The molecule has 1 heterocycles. The quantitative estimate of drug-likeness (QED) is 0.434. The molecular formula is C28H42P+. The highest BCUT2D eigenvalue weighted by Gasteiger charge is 2.65. The van der Waals surface area contributed by atoms with Gasteiger partial charge in [-0.1, -0.05) is 58.0 Å². The van der Waals surface area contributed by atoms with E-state index < -0.39 is 7.26 Å². The van der Waals surface area contributed by atoms with Crippen molar-refractivity contribution in [3.05, 3.63) is 53.1 Å². The van der Waals surface area contributed by atoms with Gasteiger partial charge in [-0.2, -0.15) is 0 Å². The predicted octanol–water partition coefficient (Wildman–Crippen LogP) is 8.91. The fourth-order valence-corrected chi connectivity index (χ4v) is 14.1. The first kappa shape index (κ1) is 22.6. The standard InChI is InChI=1S/C28H42P/c1-18(2)21-16-23(19(3)4)26-22-14-12-13-15-25(22)29(27(6,7)8,28(9,10)11)20(5)24(26)17-21/h12-20H,1-11H3/q+1. The lowest BCUT2D eigenvalue weighted by atomic mass is 9.84. The zero-order valence-corrected chi connectivity index (χ0v) is 21.5. The van der Waals surface area contributed by atoms with Crippen LogP contribution in [-0.4, -0.2) is 10.3 Å². The third-order valence-corrected chi connectivity index (χ3v) is 14.0. The zero-order valence-electron chi connectivity index (χ0n) is 20.6. The van der Waals surface area contributed by atoms with Gasteiger partial charge in [0.05, 0.1) is 23.2 Å². The highest BCUT2D eigenvalue weighted by molar-refractivity contribution is 7.86. The fourth-order valence-electron chi connectivity index (χ4n) is 6.44. The molecule has 2 aromatic carbocycles. The van der Waals surface area contributed by atoms with Crippen molar-refractivity contribution >= 4 is 12.6 Å². The Bertz CT molecular complexity index is 889. The molecule has 0 nitrogen and oxygen atoms in total. The second-order valence-corrected chi connectivity index (χ2v) is 17.0. The molecule has 0 amide bonds. The van der Waals surface area contributed by atoms with Gasteiger partial charge in [0.2, 0.25) is 0 Å². The molecule has 0 N–H and O–H groups in total. The van der Waals surface area contributed by atoms with E-state index in [9.17, 15) is 0 Å². The maximum Gasteiger partial charge on any atom is 0.103 e. The van der Waals surface area contributed by atoms with E-state index in [-0.39, 0.29) is 10.3 Å². The molecule has 0 aliphatic carbocycles. The minimum absolute atomic E-state index is 0.240. The lowest BCUT2D eigenvalue weighted by molar-refractivity contribution is 0.674. The third kappa shape index (κ3) is 3.22. The minimum atomic E-state index is -1.57. The molecular weight excluding hydrogens is 367 g/mol. The summed E-state index contributed by atoms with van der Waals surface area (Å²) in [5, 5.41) is 2.13. The van der Waals surface area contributed by atoms with Crippen LogP contribution >= 0.6 is 7.26 Å². The first-order valence-corrected chi connectivity index (χ1v) is 13.3. The zero-order chi connectivity index (χ0) is 21.9. The molecule has 0 bridgehead atoms. The van der Waals surface area contributed by atoms with Gasteiger partial charge in [-0.05, 0) is 83.1 Å². The number of hydrogen-bond donors (Lipinski definition) is 0. The summed E-state index contributed by atoms with van der Waals surface area (Å²) >= 11 is 0. The molecule has 3 rings (SSSR count). The van der Waals surface area contributed by atoms with Gasteiger partial charge in [-0.15, -0.1) is 0 Å². The van der Waals surface area contributed by atoms with Gasteiger partial charge in [0, 0.05) is 11.1 Å². The molecule has 0 spiro atoms. The van der Waals surface area contributed by atoms with Crippen molar-refractivity contribution in [1.29, 1.82) is 0 Å². The van der Waals surface area contributed by atoms with Crippen molar-refractivity contribution in [1.82, 2.24) is 0 Å². The van der Waals surface area contributed by atoms with E-state index >= 15 is 0 Å². The summed E-state index contributed by atoms with van der Waals surface area (Å²) in [5.74, 6) is 1.08. The van der Waals surface area contributed by atoms with Crippen LogP contribution in [0.25, 0.3) is 11.1 Å². The molecule has 1 unspecified atom stereocenters. The maximum atomic E-state index is 2.57. The van der Waals surface area contributed by atoms with E-state index in [0.29, 0.717) is 17.5 Å². The summed E-state index contributed by atoms with van der Waals surface area (Å²) in [5.41, 5.74) is 8.25. The molecule has 0 aromatic heterocycles. The maximum absolute atomic E-state index is 2.57. The summed E-state index contributed by atoms with van der Waals surface area (Å²) in [6.07, 6.45) is 0. The predicted molar refractivity (Wildman–Crippen MR) is 135 cm³/mol. The molecule has 1 aliphatic heterocycles. The van der Waals surface area contributed by atoms with Gasteiger partial charge in [-0.3, -0.25) is 0 Å². The van der Waals surface area contributed by atoms with Gasteiger partial charge in [0.15, 0.2) is 0 Å². The summed E-state index contributed by atoms with van der Waals surface area (Å²) in [6, 6.07) is 14.5. The Labute approximate surface area is 180 Å². The van der Waals surface area contributed by atoms with Crippen molar-refractivity contribution in [3.8, 4) is 11.1 Å². The molecule has 2 aromatic rings. The second-order valence-electron chi connectivity index (χ2n) is 11.6. The summed E-state index contributed by atoms with van der Waals surface area (Å²) in [6.45, 7) is 26.9. The lowest BCUT2D eigenvalue weighted by Gasteiger charge is -2.53.